The highest BCUT2D eigenvalue weighted by atomic mass is 79.9. The number of hydrogen-bond donors (Lipinski definition) is 2. The molecule has 1 amide bonds. The van der Waals surface area contributed by atoms with Gasteiger partial charge in [0.1, 0.15) is 16.3 Å². The first-order chi connectivity index (χ1) is 14.0. The van der Waals surface area contributed by atoms with Gasteiger partial charge in [-0.2, -0.15) is 0 Å². The quantitative estimate of drug-likeness (QED) is 0.464. The molecule has 0 atom stereocenters. The highest BCUT2D eigenvalue weighted by molar-refractivity contribution is 9.10. The Hall–Kier alpha value is -3.04. The van der Waals surface area contributed by atoms with Crippen molar-refractivity contribution in [3.8, 4) is 16.3 Å². The van der Waals surface area contributed by atoms with Crippen LogP contribution in [0.2, 0.25) is 0 Å². The average Bonchev–Trinajstić information content (AvgIpc) is 3.17. The molecule has 2 aromatic carbocycles. The molecule has 0 saturated heterocycles. The van der Waals surface area contributed by atoms with Gasteiger partial charge in [0.15, 0.2) is 0 Å². The molecular formula is C20H15BrN4O3S. The highest BCUT2D eigenvalue weighted by Gasteiger charge is 2.23. The number of anilines is 1. The number of carbonyl (C=O) groups is 1. The molecule has 0 unspecified atom stereocenters. The molecule has 7 nitrogen and oxygen atoms in total. The van der Waals surface area contributed by atoms with Crippen LogP contribution >= 0.6 is 27.3 Å². The number of aromatic hydroxyl groups is 1. The molecule has 0 aliphatic heterocycles. The summed E-state index contributed by atoms with van der Waals surface area (Å²) in [6, 6.07) is 14.4. The molecule has 29 heavy (non-hydrogen) atoms. The van der Waals surface area contributed by atoms with E-state index in [2.05, 4.69) is 31.4 Å². The number of amides is 1. The number of fused-ring (bicyclic) bond motifs is 1. The van der Waals surface area contributed by atoms with Crippen molar-refractivity contribution in [2.75, 3.05) is 5.32 Å². The fourth-order valence-electron chi connectivity index (χ4n) is 3.05. The SMILES string of the molecule is CCn1c(=O)c(C(=O)Nc2nnc(-c3ccc(Br)cc3)s2)c(O)c2ccccc21. The van der Waals surface area contributed by atoms with Crippen molar-refractivity contribution in [3.63, 3.8) is 0 Å². The summed E-state index contributed by atoms with van der Waals surface area (Å²) in [6.07, 6.45) is 0. The van der Waals surface area contributed by atoms with E-state index in [1.165, 1.54) is 15.9 Å². The number of carbonyl (C=O) groups excluding carboxylic acids is 1. The lowest BCUT2D eigenvalue weighted by Crippen LogP contribution is -2.29. The Bertz CT molecular complexity index is 1280. The monoisotopic (exact) mass is 470 g/mol. The third kappa shape index (κ3) is 3.54. The Morgan fingerprint density at radius 2 is 1.90 bits per heavy atom. The van der Waals surface area contributed by atoms with Crippen molar-refractivity contribution >= 4 is 49.2 Å². The Labute approximate surface area is 177 Å². The van der Waals surface area contributed by atoms with Gasteiger partial charge in [-0.05, 0) is 31.2 Å². The van der Waals surface area contributed by atoms with Crippen LogP contribution in [-0.4, -0.2) is 25.8 Å². The Balaban J connectivity index is 1.70. The predicted molar refractivity (Wildman–Crippen MR) is 117 cm³/mol. The Kier molecular flexibility index (Phi) is 5.16. The van der Waals surface area contributed by atoms with E-state index >= 15 is 0 Å². The zero-order chi connectivity index (χ0) is 20.5. The molecule has 0 aliphatic rings. The maximum absolute atomic E-state index is 12.8. The van der Waals surface area contributed by atoms with E-state index in [4.69, 9.17) is 0 Å². The third-order valence-corrected chi connectivity index (χ3v) is 5.84. The summed E-state index contributed by atoms with van der Waals surface area (Å²) in [5.41, 5.74) is 0.556. The minimum atomic E-state index is -0.723. The summed E-state index contributed by atoms with van der Waals surface area (Å²) in [6.45, 7) is 2.17. The molecule has 2 aromatic heterocycles. The van der Waals surface area contributed by atoms with Crippen LogP contribution < -0.4 is 10.9 Å². The van der Waals surface area contributed by atoms with Gasteiger partial charge in [0.25, 0.3) is 11.5 Å². The van der Waals surface area contributed by atoms with Crippen molar-refractivity contribution in [1.29, 1.82) is 0 Å². The summed E-state index contributed by atoms with van der Waals surface area (Å²) in [5, 5.41) is 22.5. The molecule has 0 spiro atoms. The van der Waals surface area contributed by atoms with Crippen LogP contribution in [0.25, 0.3) is 21.5 Å². The number of hydrogen-bond acceptors (Lipinski definition) is 6. The molecule has 4 aromatic rings. The molecule has 2 heterocycles. The first-order valence-corrected chi connectivity index (χ1v) is 10.4. The van der Waals surface area contributed by atoms with E-state index in [1.54, 1.807) is 24.3 Å². The average molecular weight is 471 g/mol. The van der Waals surface area contributed by atoms with Gasteiger partial charge >= 0.3 is 0 Å². The normalized spacial score (nSPS) is 11.0. The Morgan fingerprint density at radius 3 is 2.62 bits per heavy atom. The molecule has 4 rings (SSSR count). The molecule has 146 valence electrons. The van der Waals surface area contributed by atoms with Crippen molar-refractivity contribution in [2.45, 2.75) is 13.5 Å². The maximum Gasteiger partial charge on any atom is 0.267 e. The molecule has 9 heteroatoms. The van der Waals surface area contributed by atoms with Gasteiger partial charge in [0, 0.05) is 22.0 Å². The van der Waals surface area contributed by atoms with Crippen LogP contribution in [0.1, 0.15) is 17.3 Å². The first-order valence-electron chi connectivity index (χ1n) is 8.75. The van der Waals surface area contributed by atoms with Crippen LogP contribution in [0, 0.1) is 0 Å². The zero-order valence-corrected chi connectivity index (χ0v) is 17.6. The minimum Gasteiger partial charge on any atom is -0.506 e. The Morgan fingerprint density at radius 1 is 1.17 bits per heavy atom. The first kappa shape index (κ1) is 19.3. The molecule has 0 bridgehead atoms. The molecule has 2 N–H and O–H groups in total. The zero-order valence-electron chi connectivity index (χ0n) is 15.2. The fraction of sp³-hybridized carbons (Fsp3) is 0.100. The van der Waals surface area contributed by atoms with Gasteiger partial charge in [-0.25, -0.2) is 0 Å². The number of nitrogens with zero attached hydrogens (tertiary/aromatic N) is 3. The number of rotatable bonds is 4. The minimum absolute atomic E-state index is 0.239. The number of benzene rings is 2. The van der Waals surface area contributed by atoms with Crippen LogP contribution in [-0.2, 0) is 6.54 Å². The molecule has 0 radical (unpaired) electrons. The van der Waals surface area contributed by atoms with Crippen LogP contribution in [0.3, 0.4) is 0 Å². The van der Waals surface area contributed by atoms with Crippen LogP contribution in [0.4, 0.5) is 5.13 Å². The second-order valence-corrected chi connectivity index (χ2v) is 8.06. The van der Waals surface area contributed by atoms with E-state index in [1.807, 2.05) is 31.2 Å². The standard InChI is InChI=1S/C20H15BrN4O3S/c1-2-25-14-6-4-3-5-13(14)16(26)15(19(25)28)17(27)22-20-24-23-18(29-20)11-7-9-12(21)10-8-11/h3-10,26H,2H2,1H3,(H,22,24,27). The maximum atomic E-state index is 12.8. The molecule has 0 saturated carbocycles. The van der Waals surface area contributed by atoms with E-state index in [-0.39, 0.29) is 16.4 Å². The van der Waals surface area contributed by atoms with Crippen LogP contribution in [0.15, 0.2) is 57.8 Å². The van der Waals surface area contributed by atoms with Gasteiger partial charge in [-0.1, -0.05) is 51.5 Å². The van der Waals surface area contributed by atoms with Crippen molar-refractivity contribution in [1.82, 2.24) is 14.8 Å². The number of pyridine rings is 1. The fourth-order valence-corrected chi connectivity index (χ4v) is 4.06. The summed E-state index contributed by atoms with van der Waals surface area (Å²) in [5.74, 6) is -1.07. The van der Waals surface area contributed by atoms with Crippen molar-refractivity contribution in [2.24, 2.45) is 0 Å². The lowest BCUT2D eigenvalue weighted by atomic mass is 10.1. The third-order valence-electron chi connectivity index (χ3n) is 4.43. The number of halogens is 1. The molecule has 0 fully saturated rings. The summed E-state index contributed by atoms with van der Waals surface area (Å²) in [4.78, 5) is 25.6. The number of nitrogens with one attached hydrogen (secondary N) is 1. The molecular weight excluding hydrogens is 456 g/mol. The van der Waals surface area contributed by atoms with E-state index in [9.17, 15) is 14.7 Å². The van der Waals surface area contributed by atoms with E-state index < -0.39 is 11.5 Å². The molecule has 0 aliphatic carbocycles. The largest absolute Gasteiger partial charge is 0.506 e. The predicted octanol–water partition coefficient (Wildman–Crippen LogP) is 4.26. The van der Waals surface area contributed by atoms with Crippen molar-refractivity contribution < 1.29 is 9.90 Å². The van der Waals surface area contributed by atoms with Gasteiger partial charge in [0.2, 0.25) is 5.13 Å². The summed E-state index contributed by atoms with van der Waals surface area (Å²) >= 11 is 4.56. The lowest BCUT2D eigenvalue weighted by Gasteiger charge is -2.12. The van der Waals surface area contributed by atoms with Crippen molar-refractivity contribution in [3.05, 3.63) is 68.9 Å². The van der Waals surface area contributed by atoms with Gasteiger partial charge in [-0.15, -0.1) is 10.2 Å². The second-order valence-electron chi connectivity index (χ2n) is 6.16. The topological polar surface area (TPSA) is 97.1 Å². The number of aryl methyl sites for hydroxylation is 1. The second kappa shape index (κ2) is 7.76. The van der Waals surface area contributed by atoms with E-state index in [0.29, 0.717) is 22.5 Å². The van der Waals surface area contributed by atoms with E-state index in [0.717, 1.165) is 10.0 Å². The van der Waals surface area contributed by atoms with Gasteiger partial charge < -0.3 is 9.67 Å². The lowest BCUT2D eigenvalue weighted by molar-refractivity contribution is 0.102. The summed E-state index contributed by atoms with van der Waals surface area (Å²) in [7, 11) is 0. The van der Waals surface area contributed by atoms with Gasteiger partial charge in [-0.3, -0.25) is 14.9 Å². The highest BCUT2D eigenvalue weighted by Crippen LogP contribution is 2.29. The number of para-hydroxylation sites is 1. The smallest absolute Gasteiger partial charge is 0.267 e. The van der Waals surface area contributed by atoms with Crippen LogP contribution in [0.5, 0.6) is 5.75 Å². The summed E-state index contributed by atoms with van der Waals surface area (Å²) < 4.78 is 2.40. The number of aromatic nitrogens is 3. The van der Waals surface area contributed by atoms with Gasteiger partial charge in [0.05, 0.1) is 5.52 Å².